The second-order valence-electron chi connectivity index (χ2n) is 8.48. The Bertz CT molecular complexity index is 1300. The number of hydrogen-bond donors (Lipinski definition) is 2. The maximum Gasteiger partial charge on any atom is 0.327 e. The molecule has 0 radical (unpaired) electrons. The Morgan fingerprint density at radius 2 is 1.69 bits per heavy atom. The van der Waals surface area contributed by atoms with Crippen LogP contribution < -0.4 is 25.0 Å². The first-order valence-corrected chi connectivity index (χ1v) is 11.6. The molecular formula is C28H27N3O4. The lowest BCUT2D eigenvalue weighted by Gasteiger charge is -2.34. The van der Waals surface area contributed by atoms with Crippen molar-refractivity contribution >= 4 is 28.9 Å². The summed E-state index contributed by atoms with van der Waals surface area (Å²) in [7, 11) is 3.20. The molecule has 7 heteroatoms. The molecule has 2 aliphatic rings. The molecule has 7 nitrogen and oxygen atoms in total. The summed E-state index contributed by atoms with van der Waals surface area (Å²) in [6.07, 6.45) is 1.94. The molecule has 1 aliphatic carbocycles. The van der Waals surface area contributed by atoms with Crippen molar-refractivity contribution < 1.29 is 19.1 Å². The number of allylic oxidation sites excluding steroid dienone is 1. The highest BCUT2D eigenvalue weighted by Gasteiger charge is 2.40. The Labute approximate surface area is 204 Å². The molecule has 5 rings (SSSR count). The number of fused-ring (bicyclic) bond motifs is 1. The zero-order valence-corrected chi connectivity index (χ0v) is 19.7. The number of rotatable bonds is 4. The predicted molar refractivity (Wildman–Crippen MR) is 136 cm³/mol. The fraction of sp³-hybridized carbons (Fsp3) is 0.214. The number of Topliss-reactive ketones (excluding diaryl/α,β-unsaturated/α-hetero) is 1. The number of methoxy groups -OCH3 is 2. The van der Waals surface area contributed by atoms with E-state index < -0.39 is 6.04 Å². The summed E-state index contributed by atoms with van der Waals surface area (Å²) in [5.41, 5.74) is 4.27. The average Bonchev–Trinajstić information content (AvgIpc) is 3.04. The number of anilines is 3. The summed E-state index contributed by atoms with van der Waals surface area (Å²) in [5, 5.41) is 6.48. The lowest BCUT2D eigenvalue weighted by atomic mass is 9.85. The number of ether oxygens (including phenoxy) is 2. The van der Waals surface area contributed by atoms with Crippen LogP contribution in [0.3, 0.4) is 0 Å². The Morgan fingerprint density at radius 1 is 0.943 bits per heavy atom. The van der Waals surface area contributed by atoms with Crippen molar-refractivity contribution in [2.75, 3.05) is 29.8 Å². The normalized spacial score (nSPS) is 17.0. The van der Waals surface area contributed by atoms with Crippen LogP contribution >= 0.6 is 0 Å². The first-order valence-electron chi connectivity index (χ1n) is 11.6. The van der Waals surface area contributed by atoms with Gasteiger partial charge in [0.1, 0.15) is 11.5 Å². The smallest absolute Gasteiger partial charge is 0.327 e. The number of hydrogen-bond acceptors (Lipinski definition) is 5. The summed E-state index contributed by atoms with van der Waals surface area (Å²) in [6.45, 7) is 0. The number of ketones is 1. The third kappa shape index (κ3) is 4.21. The molecule has 178 valence electrons. The second kappa shape index (κ2) is 9.54. The zero-order valence-electron chi connectivity index (χ0n) is 19.7. The van der Waals surface area contributed by atoms with Gasteiger partial charge >= 0.3 is 6.03 Å². The van der Waals surface area contributed by atoms with E-state index in [-0.39, 0.29) is 11.8 Å². The van der Waals surface area contributed by atoms with Gasteiger partial charge in [0.05, 0.1) is 31.6 Å². The van der Waals surface area contributed by atoms with Crippen LogP contribution in [-0.2, 0) is 4.79 Å². The largest absolute Gasteiger partial charge is 0.497 e. The number of para-hydroxylation sites is 3. The van der Waals surface area contributed by atoms with Crippen molar-refractivity contribution in [3.63, 3.8) is 0 Å². The van der Waals surface area contributed by atoms with E-state index in [1.165, 1.54) is 0 Å². The van der Waals surface area contributed by atoms with Gasteiger partial charge < -0.3 is 20.1 Å². The first-order chi connectivity index (χ1) is 17.1. The van der Waals surface area contributed by atoms with Crippen LogP contribution in [-0.4, -0.2) is 26.0 Å². The van der Waals surface area contributed by atoms with E-state index in [0.717, 1.165) is 29.8 Å². The molecule has 1 heterocycles. The van der Waals surface area contributed by atoms with Crippen molar-refractivity contribution in [2.24, 2.45) is 0 Å². The molecule has 0 saturated carbocycles. The number of benzene rings is 3. The van der Waals surface area contributed by atoms with Gasteiger partial charge in [-0.3, -0.25) is 9.69 Å². The molecule has 3 aromatic rings. The van der Waals surface area contributed by atoms with E-state index in [1.54, 1.807) is 43.4 Å². The molecule has 0 spiro atoms. The van der Waals surface area contributed by atoms with Gasteiger partial charge in [-0.15, -0.1) is 0 Å². The third-order valence-electron chi connectivity index (χ3n) is 6.43. The summed E-state index contributed by atoms with van der Waals surface area (Å²) in [6, 6.07) is 21.3. The molecular weight excluding hydrogens is 442 g/mol. The predicted octanol–water partition coefficient (Wildman–Crippen LogP) is 5.92. The summed E-state index contributed by atoms with van der Waals surface area (Å²) in [4.78, 5) is 29.0. The maximum atomic E-state index is 14.0. The molecule has 2 N–H and O–H groups in total. The van der Waals surface area contributed by atoms with Gasteiger partial charge in [0.15, 0.2) is 5.78 Å². The minimum atomic E-state index is -0.664. The molecule has 0 saturated heterocycles. The van der Waals surface area contributed by atoms with Gasteiger partial charge in [-0.05, 0) is 55.3 Å². The van der Waals surface area contributed by atoms with Crippen LogP contribution in [0.2, 0.25) is 0 Å². The molecule has 1 atom stereocenters. The van der Waals surface area contributed by atoms with Crippen LogP contribution in [0.5, 0.6) is 11.5 Å². The van der Waals surface area contributed by atoms with Crippen molar-refractivity contribution in [1.29, 1.82) is 0 Å². The number of nitrogens with zero attached hydrogens (tertiary/aromatic N) is 1. The summed E-state index contributed by atoms with van der Waals surface area (Å²) in [5.74, 6) is 1.34. The van der Waals surface area contributed by atoms with Crippen LogP contribution in [0.25, 0.3) is 0 Å². The summed E-state index contributed by atoms with van der Waals surface area (Å²) >= 11 is 0. The van der Waals surface area contributed by atoms with E-state index in [2.05, 4.69) is 10.6 Å². The molecule has 0 fully saturated rings. The number of nitrogens with one attached hydrogen (secondary N) is 2. The SMILES string of the molecule is COc1ccc(NC(=O)N2c3ccccc3NC3=C(C(=O)CCC3)C2c2ccccc2OC)cc1. The molecule has 1 aliphatic heterocycles. The quantitative estimate of drug-likeness (QED) is 0.496. The molecule has 35 heavy (non-hydrogen) atoms. The number of urea groups is 1. The average molecular weight is 470 g/mol. The highest BCUT2D eigenvalue weighted by atomic mass is 16.5. The first kappa shape index (κ1) is 22.5. The fourth-order valence-corrected chi connectivity index (χ4v) is 4.80. The van der Waals surface area contributed by atoms with Gasteiger partial charge in [-0.1, -0.05) is 30.3 Å². The van der Waals surface area contributed by atoms with Crippen LogP contribution in [0.1, 0.15) is 30.9 Å². The number of carbonyl (C=O) groups is 2. The van der Waals surface area contributed by atoms with Crippen molar-refractivity contribution in [1.82, 2.24) is 0 Å². The Morgan fingerprint density at radius 3 is 2.46 bits per heavy atom. The molecule has 0 bridgehead atoms. The topological polar surface area (TPSA) is 79.9 Å². The lowest BCUT2D eigenvalue weighted by Crippen LogP contribution is -2.40. The molecule has 0 aromatic heterocycles. The van der Waals surface area contributed by atoms with E-state index in [0.29, 0.717) is 34.9 Å². The summed E-state index contributed by atoms with van der Waals surface area (Å²) < 4.78 is 10.9. The van der Waals surface area contributed by atoms with E-state index in [9.17, 15) is 9.59 Å². The Kier molecular flexibility index (Phi) is 6.14. The second-order valence-corrected chi connectivity index (χ2v) is 8.48. The highest BCUT2D eigenvalue weighted by molar-refractivity contribution is 6.09. The number of carbonyl (C=O) groups excluding carboxylic acids is 2. The van der Waals surface area contributed by atoms with Crippen LogP contribution in [0.15, 0.2) is 84.1 Å². The van der Waals surface area contributed by atoms with Gasteiger partial charge in [-0.25, -0.2) is 4.79 Å². The van der Waals surface area contributed by atoms with E-state index in [1.807, 2.05) is 48.5 Å². The highest BCUT2D eigenvalue weighted by Crippen LogP contribution is 2.46. The van der Waals surface area contributed by atoms with E-state index >= 15 is 0 Å². The standard InChI is InChI=1S/C28H27N3O4/c1-34-19-16-14-18(15-17-19)29-28(33)31-23-11-5-4-9-21(23)30-22-10-7-12-24(32)26(22)27(31)20-8-3-6-13-25(20)35-2/h3-6,8-9,11,13-17,27,30H,7,10,12H2,1-2H3,(H,29,33). The van der Waals surface area contributed by atoms with Gasteiger partial charge in [-0.2, -0.15) is 0 Å². The molecule has 3 aromatic carbocycles. The van der Waals surface area contributed by atoms with Crippen LogP contribution in [0, 0.1) is 0 Å². The monoisotopic (exact) mass is 469 g/mol. The maximum absolute atomic E-state index is 14.0. The minimum absolute atomic E-state index is 0.0321. The van der Waals surface area contributed by atoms with E-state index in [4.69, 9.17) is 9.47 Å². The van der Waals surface area contributed by atoms with Crippen molar-refractivity contribution in [2.45, 2.75) is 25.3 Å². The minimum Gasteiger partial charge on any atom is -0.497 e. The van der Waals surface area contributed by atoms with Gasteiger partial charge in [0, 0.05) is 28.9 Å². The lowest BCUT2D eigenvalue weighted by molar-refractivity contribution is -0.116. The van der Waals surface area contributed by atoms with Crippen molar-refractivity contribution in [3.05, 3.63) is 89.6 Å². The Balaban J connectivity index is 1.69. The zero-order chi connectivity index (χ0) is 24.4. The molecule has 2 amide bonds. The van der Waals surface area contributed by atoms with Gasteiger partial charge in [0.25, 0.3) is 0 Å². The van der Waals surface area contributed by atoms with Crippen LogP contribution in [0.4, 0.5) is 21.9 Å². The molecule has 1 unspecified atom stereocenters. The Hall–Kier alpha value is -4.26. The van der Waals surface area contributed by atoms with Gasteiger partial charge in [0.2, 0.25) is 0 Å². The fourth-order valence-electron chi connectivity index (χ4n) is 4.80. The van der Waals surface area contributed by atoms with Crippen molar-refractivity contribution in [3.8, 4) is 11.5 Å². The third-order valence-corrected chi connectivity index (χ3v) is 6.43. The number of amides is 2.